The monoisotopic (exact) mass is 381 g/mol. The van der Waals surface area contributed by atoms with Gasteiger partial charge in [-0.3, -0.25) is 4.79 Å². The average molecular weight is 381 g/mol. The Labute approximate surface area is 168 Å². The Kier molecular flexibility index (Phi) is 5.29. The van der Waals surface area contributed by atoms with Crippen LogP contribution in [0, 0.1) is 6.92 Å². The van der Waals surface area contributed by atoms with Gasteiger partial charge in [0, 0.05) is 22.9 Å². The lowest BCUT2D eigenvalue weighted by molar-refractivity contribution is -0.111. The maximum absolute atomic E-state index is 12.1. The van der Waals surface area contributed by atoms with E-state index in [-0.39, 0.29) is 5.91 Å². The van der Waals surface area contributed by atoms with E-state index >= 15 is 0 Å². The van der Waals surface area contributed by atoms with Crippen LogP contribution in [0.15, 0.2) is 89.4 Å². The van der Waals surface area contributed by atoms with Crippen molar-refractivity contribution in [3.8, 4) is 22.9 Å². The summed E-state index contributed by atoms with van der Waals surface area (Å²) < 4.78 is 5.82. The van der Waals surface area contributed by atoms with Gasteiger partial charge in [0.15, 0.2) is 0 Å². The van der Waals surface area contributed by atoms with E-state index in [0.29, 0.717) is 17.5 Å². The largest absolute Gasteiger partial charge is 0.416 e. The van der Waals surface area contributed by atoms with E-state index in [1.807, 2.05) is 73.7 Å². The molecule has 1 N–H and O–H groups in total. The van der Waals surface area contributed by atoms with Gasteiger partial charge in [-0.2, -0.15) is 0 Å². The van der Waals surface area contributed by atoms with E-state index < -0.39 is 0 Å². The van der Waals surface area contributed by atoms with Gasteiger partial charge in [-0.25, -0.2) is 0 Å². The highest BCUT2D eigenvalue weighted by molar-refractivity contribution is 6.02. The van der Waals surface area contributed by atoms with Crippen LogP contribution in [0.25, 0.3) is 29.0 Å². The number of anilines is 1. The lowest BCUT2D eigenvalue weighted by Gasteiger charge is -2.03. The van der Waals surface area contributed by atoms with Gasteiger partial charge in [-0.1, -0.05) is 48.5 Å². The van der Waals surface area contributed by atoms with Crippen LogP contribution in [0.4, 0.5) is 5.69 Å². The summed E-state index contributed by atoms with van der Waals surface area (Å²) >= 11 is 0. The lowest BCUT2D eigenvalue weighted by atomic mass is 10.1. The second-order valence-electron chi connectivity index (χ2n) is 6.54. The van der Waals surface area contributed by atoms with Crippen molar-refractivity contribution in [2.24, 2.45) is 0 Å². The van der Waals surface area contributed by atoms with Gasteiger partial charge in [0.2, 0.25) is 17.7 Å². The molecule has 0 unspecified atom stereocenters. The molecular formula is C24H19N3O2. The molecule has 0 radical (unpaired) electrons. The molecule has 0 saturated carbocycles. The summed E-state index contributed by atoms with van der Waals surface area (Å²) in [6.45, 7) is 2.00. The number of rotatable bonds is 5. The molecule has 4 aromatic rings. The number of carbonyl (C=O) groups excluding carboxylic acids is 1. The quantitative estimate of drug-likeness (QED) is 0.472. The molecule has 0 aliphatic rings. The predicted octanol–water partition coefficient (Wildman–Crippen LogP) is 5.36. The number of nitrogens with one attached hydrogen (secondary N) is 1. The van der Waals surface area contributed by atoms with Gasteiger partial charge in [0.25, 0.3) is 0 Å². The SMILES string of the molecule is Cc1ccccc1-c1nnc(-c2ccc(NC(=O)/C=C/c3ccccc3)cc2)o1. The highest BCUT2D eigenvalue weighted by Crippen LogP contribution is 2.26. The molecule has 1 heterocycles. The average Bonchev–Trinajstić information content (AvgIpc) is 3.24. The van der Waals surface area contributed by atoms with Crippen molar-refractivity contribution in [1.82, 2.24) is 10.2 Å². The summed E-state index contributed by atoms with van der Waals surface area (Å²) in [5.41, 5.74) is 4.44. The molecule has 0 fully saturated rings. The van der Waals surface area contributed by atoms with Crippen molar-refractivity contribution in [2.45, 2.75) is 6.92 Å². The van der Waals surface area contributed by atoms with Gasteiger partial charge >= 0.3 is 0 Å². The minimum Gasteiger partial charge on any atom is -0.416 e. The van der Waals surface area contributed by atoms with Crippen LogP contribution in [-0.2, 0) is 4.79 Å². The minimum absolute atomic E-state index is 0.193. The van der Waals surface area contributed by atoms with Crippen molar-refractivity contribution in [1.29, 1.82) is 0 Å². The number of hydrogen-bond donors (Lipinski definition) is 1. The van der Waals surface area contributed by atoms with Crippen LogP contribution < -0.4 is 5.32 Å². The summed E-state index contributed by atoms with van der Waals surface area (Å²) in [6.07, 6.45) is 3.28. The first kappa shape index (κ1) is 18.4. The molecule has 3 aromatic carbocycles. The summed E-state index contributed by atoms with van der Waals surface area (Å²) in [5.74, 6) is 0.730. The van der Waals surface area contributed by atoms with E-state index in [0.717, 1.165) is 22.3 Å². The fraction of sp³-hybridized carbons (Fsp3) is 0.0417. The van der Waals surface area contributed by atoms with Crippen molar-refractivity contribution in [3.05, 3.63) is 96.1 Å². The molecule has 0 aliphatic carbocycles. The smallest absolute Gasteiger partial charge is 0.248 e. The molecule has 0 atom stereocenters. The van der Waals surface area contributed by atoms with Crippen molar-refractivity contribution < 1.29 is 9.21 Å². The zero-order valence-corrected chi connectivity index (χ0v) is 15.9. The number of hydrogen-bond acceptors (Lipinski definition) is 4. The third kappa shape index (κ3) is 4.47. The zero-order chi connectivity index (χ0) is 20.1. The van der Waals surface area contributed by atoms with Crippen LogP contribution in [0.3, 0.4) is 0 Å². The first-order valence-electron chi connectivity index (χ1n) is 9.23. The highest BCUT2D eigenvalue weighted by Gasteiger charge is 2.12. The molecule has 5 heteroatoms. The molecule has 0 aliphatic heterocycles. The molecule has 5 nitrogen and oxygen atoms in total. The van der Waals surface area contributed by atoms with Crippen molar-refractivity contribution in [3.63, 3.8) is 0 Å². The Morgan fingerprint density at radius 1 is 0.862 bits per heavy atom. The fourth-order valence-corrected chi connectivity index (χ4v) is 2.88. The lowest BCUT2D eigenvalue weighted by Crippen LogP contribution is -2.07. The van der Waals surface area contributed by atoms with E-state index in [4.69, 9.17) is 4.42 Å². The van der Waals surface area contributed by atoms with E-state index in [1.54, 1.807) is 18.2 Å². The fourth-order valence-electron chi connectivity index (χ4n) is 2.88. The Hall–Kier alpha value is -3.99. The maximum atomic E-state index is 12.1. The minimum atomic E-state index is -0.193. The van der Waals surface area contributed by atoms with Crippen LogP contribution in [0.5, 0.6) is 0 Å². The zero-order valence-electron chi connectivity index (χ0n) is 15.9. The summed E-state index contributed by atoms with van der Waals surface area (Å²) in [4.78, 5) is 12.1. The Bertz CT molecular complexity index is 1150. The second kappa shape index (κ2) is 8.35. The molecule has 1 aromatic heterocycles. The molecule has 1 amide bonds. The molecule has 0 saturated heterocycles. The molecular weight excluding hydrogens is 362 g/mol. The number of benzene rings is 3. The van der Waals surface area contributed by atoms with Crippen LogP contribution >= 0.6 is 0 Å². The predicted molar refractivity (Wildman–Crippen MR) is 114 cm³/mol. The molecule has 0 bridgehead atoms. The maximum Gasteiger partial charge on any atom is 0.248 e. The topological polar surface area (TPSA) is 68.0 Å². The normalized spacial score (nSPS) is 10.9. The van der Waals surface area contributed by atoms with Crippen LogP contribution in [-0.4, -0.2) is 16.1 Å². The van der Waals surface area contributed by atoms with Gasteiger partial charge in [0.05, 0.1) is 0 Å². The number of nitrogens with zero attached hydrogens (tertiary/aromatic N) is 2. The molecule has 142 valence electrons. The van der Waals surface area contributed by atoms with E-state index in [2.05, 4.69) is 15.5 Å². The highest BCUT2D eigenvalue weighted by atomic mass is 16.4. The summed E-state index contributed by atoms with van der Waals surface area (Å²) in [6, 6.07) is 24.8. The first-order valence-corrected chi connectivity index (χ1v) is 9.23. The Morgan fingerprint density at radius 3 is 2.31 bits per heavy atom. The van der Waals surface area contributed by atoms with E-state index in [1.165, 1.54) is 6.08 Å². The number of carbonyl (C=O) groups is 1. The first-order chi connectivity index (χ1) is 14.2. The van der Waals surface area contributed by atoms with Crippen molar-refractivity contribution >= 4 is 17.7 Å². The van der Waals surface area contributed by atoms with Crippen LogP contribution in [0.1, 0.15) is 11.1 Å². The van der Waals surface area contributed by atoms with Crippen LogP contribution in [0.2, 0.25) is 0 Å². The number of amides is 1. The van der Waals surface area contributed by atoms with Gasteiger partial charge in [-0.05, 0) is 54.5 Å². The van der Waals surface area contributed by atoms with Gasteiger partial charge in [-0.15, -0.1) is 10.2 Å². The third-order valence-electron chi connectivity index (χ3n) is 4.43. The van der Waals surface area contributed by atoms with E-state index in [9.17, 15) is 4.79 Å². The van der Waals surface area contributed by atoms with Crippen molar-refractivity contribution in [2.75, 3.05) is 5.32 Å². The number of aromatic nitrogens is 2. The summed E-state index contributed by atoms with van der Waals surface area (Å²) in [5, 5.41) is 11.1. The molecule has 29 heavy (non-hydrogen) atoms. The molecule has 0 spiro atoms. The third-order valence-corrected chi connectivity index (χ3v) is 4.43. The molecule has 4 rings (SSSR count). The Balaban J connectivity index is 1.44. The number of aryl methyl sites for hydroxylation is 1. The summed E-state index contributed by atoms with van der Waals surface area (Å²) in [7, 11) is 0. The standard InChI is InChI=1S/C24H19N3O2/c1-17-7-5-6-10-21(17)24-27-26-23(29-24)19-12-14-20(15-13-19)25-22(28)16-11-18-8-3-2-4-9-18/h2-16H,1H3,(H,25,28)/b16-11+. The van der Waals surface area contributed by atoms with Gasteiger partial charge < -0.3 is 9.73 Å². The second-order valence-corrected chi connectivity index (χ2v) is 6.54. The Morgan fingerprint density at radius 2 is 1.55 bits per heavy atom. The van der Waals surface area contributed by atoms with Gasteiger partial charge in [0.1, 0.15) is 0 Å².